The number of benzene rings is 2. The van der Waals surface area contributed by atoms with E-state index in [2.05, 4.69) is 65.1 Å². The summed E-state index contributed by atoms with van der Waals surface area (Å²) in [7, 11) is 0. The number of allylic oxidation sites excluding steroid dienone is 1. The number of nitrogens with one attached hydrogen (secondary N) is 2. The van der Waals surface area contributed by atoms with E-state index in [1.165, 1.54) is 16.8 Å². The van der Waals surface area contributed by atoms with Crippen molar-refractivity contribution in [3.05, 3.63) is 107 Å². The summed E-state index contributed by atoms with van der Waals surface area (Å²) in [5.41, 5.74) is 13.4. The van der Waals surface area contributed by atoms with Crippen molar-refractivity contribution in [2.45, 2.75) is 25.9 Å². The minimum absolute atomic E-state index is 0.0899. The Morgan fingerprint density at radius 2 is 1.83 bits per heavy atom. The van der Waals surface area contributed by atoms with Gasteiger partial charge in [0.15, 0.2) is 0 Å². The van der Waals surface area contributed by atoms with Crippen molar-refractivity contribution in [2.24, 2.45) is 5.73 Å². The van der Waals surface area contributed by atoms with Gasteiger partial charge in [-0.1, -0.05) is 73.3 Å². The van der Waals surface area contributed by atoms with E-state index in [1.54, 1.807) is 0 Å². The van der Waals surface area contributed by atoms with Crippen LogP contribution in [-0.4, -0.2) is 10.4 Å². The molecule has 1 aliphatic rings. The highest BCUT2D eigenvalue weighted by atomic mass is 15.0. The lowest BCUT2D eigenvalue weighted by Crippen LogP contribution is -2.13. The molecule has 0 atom stereocenters. The molecular weight excluding hydrogens is 356 g/mol. The average Bonchev–Trinajstić information content (AvgIpc) is 3.12. The van der Waals surface area contributed by atoms with Gasteiger partial charge in [-0.25, -0.2) is 0 Å². The maximum Gasteiger partial charge on any atom is 0.122 e. The van der Waals surface area contributed by atoms with E-state index >= 15 is 0 Å². The topological polar surface area (TPSA) is 66.8 Å². The lowest BCUT2D eigenvalue weighted by molar-refractivity contribution is 0.733. The Hall–Kier alpha value is -3.53. The number of nitrogen functional groups attached to an aromatic ring is 1. The highest BCUT2D eigenvalue weighted by Crippen LogP contribution is 2.29. The van der Waals surface area contributed by atoms with Crippen LogP contribution in [0.15, 0.2) is 73.4 Å². The summed E-state index contributed by atoms with van der Waals surface area (Å²) in [5, 5.41) is 11.0. The number of amidine groups is 1. The van der Waals surface area contributed by atoms with Gasteiger partial charge in [-0.2, -0.15) is 0 Å². The number of hydrogen-bond acceptors (Lipinski definition) is 2. The van der Waals surface area contributed by atoms with E-state index in [1.807, 2.05) is 24.3 Å². The maximum absolute atomic E-state index is 7.50. The van der Waals surface area contributed by atoms with Gasteiger partial charge in [0.2, 0.25) is 0 Å². The van der Waals surface area contributed by atoms with Crippen LogP contribution >= 0.6 is 0 Å². The summed E-state index contributed by atoms with van der Waals surface area (Å²) in [6.45, 7) is 5.85. The molecule has 0 unspecified atom stereocenters. The molecule has 1 aliphatic carbocycles. The second-order valence-electron chi connectivity index (χ2n) is 7.40. The van der Waals surface area contributed by atoms with Crippen molar-refractivity contribution in [1.82, 2.24) is 9.88 Å². The Kier molecular flexibility index (Phi) is 5.34. The second kappa shape index (κ2) is 8.23. The SMILES string of the molecule is C=C(NCc1ccc(C(=N)N)cc1)c1cn(Cc2ccccc2)c2c1C=CCC2. The van der Waals surface area contributed by atoms with Gasteiger partial charge in [-0.05, 0) is 24.0 Å². The third-order valence-electron chi connectivity index (χ3n) is 5.36. The Morgan fingerprint density at radius 1 is 1.07 bits per heavy atom. The minimum atomic E-state index is 0.0899. The van der Waals surface area contributed by atoms with E-state index in [0.717, 1.165) is 41.8 Å². The molecule has 0 bridgehead atoms. The first-order valence-electron chi connectivity index (χ1n) is 9.91. The van der Waals surface area contributed by atoms with Gasteiger partial charge >= 0.3 is 0 Å². The molecule has 0 amide bonds. The average molecular weight is 383 g/mol. The van der Waals surface area contributed by atoms with Crippen molar-refractivity contribution in [1.29, 1.82) is 5.41 Å². The molecular formula is C25H26N4. The summed E-state index contributed by atoms with van der Waals surface area (Å²) >= 11 is 0. The first-order valence-corrected chi connectivity index (χ1v) is 9.91. The molecule has 1 heterocycles. The minimum Gasteiger partial charge on any atom is -0.384 e. The molecule has 1 aromatic heterocycles. The van der Waals surface area contributed by atoms with Gasteiger partial charge in [-0.15, -0.1) is 0 Å². The van der Waals surface area contributed by atoms with E-state index in [-0.39, 0.29) is 5.84 Å². The molecule has 29 heavy (non-hydrogen) atoms. The third kappa shape index (κ3) is 4.16. The number of hydrogen-bond donors (Lipinski definition) is 3. The van der Waals surface area contributed by atoms with Crippen LogP contribution < -0.4 is 11.1 Å². The Balaban J connectivity index is 1.52. The van der Waals surface area contributed by atoms with Gasteiger partial charge < -0.3 is 15.6 Å². The number of rotatable bonds is 7. The zero-order valence-electron chi connectivity index (χ0n) is 16.5. The fraction of sp³-hybridized carbons (Fsp3) is 0.160. The molecule has 0 spiro atoms. The van der Waals surface area contributed by atoms with Crippen LogP contribution in [0.25, 0.3) is 11.8 Å². The van der Waals surface area contributed by atoms with Gasteiger partial charge in [0.05, 0.1) is 0 Å². The molecule has 0 radical (unpaired) electrons. The Bertz CT molecular complexity index is 1060. The van der Waals surface area contributed by atoms with E-state index < -0.39 is 0 Å². The summed E-state index contributed by atoms with van der Waals surface area (Å²) < 4.78 is 2.36. The van der Waals surface area contributed by atoms with E-state index in [0.29, 0.717) is 6.54 Å². The number of fused-ring (bicyclic) bond motifs is 1. The van der Waals surface area contributed by atoms with Gasteiger partial charge in [0, 0.05) is 47.4 Å². The summed E-state index contributed by atoms with van der Waals surface area (Å²) in [4.78, 5) is 0. The van der Waals surface area contributed by atoms with Crippen LogP contribution in [-0.2, 0) is 19.5 Å². The quantitative estimate of drug-likeness (QED) is 0.415. The van der Waals surface area contributed by atoms with E-state index in [9.17, 15) is 0 Å². The zero-order valence-corrected chi connectivity index (χ0v) is 16.5. The van der Waals surface area contributed by atoms with Crippen LogP contribution in [0.5, 0.6) is 0 Å². The molecule has 4 N–H and O–H groups in total. The molecule has 4 heteroatoms. The van der Waals surface area contributed by atoms with Crippen LogP contribution in [0.1, 0.15) is 39.9 Å². The molecule has 3 aromatic rings. The normalized spacial score (nSPS) is 12.4. The predicted molar refractivity (Wildman–Crippen MR) is 121 cm³/mol. The van der Waals surface area contributed by atoms with Crippen LogP contribution in [0.2, 0.25) is 0 Å². The molecule has 0 aliphatic heterocycles. The number of nitrogens with zero attached hydrogens (tertiary/aromatic N) is 1. The van der Waals surface area contributed by atoms with Crippen LogP contribution in [0, 0.1) is 5.41 Å². The van der Waals surface area contributed by atoms with Crippen molar-refractivity contribution >= 4 is 17.6 Å². The van der Waals surface area contributed by atoms with E-state index in [4.69, 9.17) is 11.1 Å². The standard InChI is InChI=1S/C25H26N4/c1-18(28-15-19-11-13-21(14-12-19)25(26)27)23-17-29(16-20-7-3-2-4-8-20)24-10-6-5-9-22(23)24/h2-5,7-9,11-14,17,28H,1,6,10,15-16H2,(H3,26,27). The van der Waals surface area contributed by atoms with Crippen LogP contribution in [0.4, 0.5) is 0 Å². The van der Waals surface area contributed by atoms with Crippen molar-refractivity contribution in [2.75, 3.05) is 0 Å². The lowest BCUT2D eigenvalue weighted by atomic mass is 10.0. The second-order valence-corrected chi connectivity index (χ2v) is 7.40. The number of aromatic nitrogens is 1. The highest BCUT2D eigenvalue weighted by Gasteiger charge is 2.18. The first kappa shape index (κ1) is 18.8. The predicted octanol–water partition coefficient (Wildman–Crippen LogP) is 4.54. The van der Waals surface area contributed by atoms with Gasteiger partial charge in [0.25, 0.3) is 0 Å². The molecule has 4 nitrogen and oxygen atoms in total. The molecule has 0 saturated carbocycles. The van der Waals surface area contributed by atoms with Crippen molar-refractivity contribution < 1.29 is 0 Å². The Labute approximate surface area is 171 Å². The van der Waals surface area contributed by atoms with Gasteiger partial charge in [-0.3, -0.25) is 5.41 Å². The lowest BCUT2D eigenvalue weighted by Gasteiger charge is -2.13. The monoisotopic (exact) mass is 382 g/mol. The number of nitrogens with two attached hydrogens (primary N) is 1. The van der Waals surface area contributed by atoms with Crippen molar-refractivity contribution in [3.8, 4) is 0 Å². The summed E-state index contributed by atoms with van der Waals surface area (Å²) in [6, 6.07) is 18.3. The molecule has 4 rings (SSSR count). The van der Waals surface area contributed by atoms with Crippen LogP contribution in [0.3, 0.4) is 0 Å². The third-order valence-corrected chi connectivity index (χ3v) is 5.36. The largest absolute Gasteiger partial charge is 0.384 e. The smallest absolute Gasteiger partial charge is 0.122 e. The maximum atomic E-state index is 7.50. The zero-order chi connectivity index (χ0) is 20.2. The Morgan fingerprint density at radius 3 is 2.55 bits per heavy atom. The summed E-state index contributed by atoms with van der Waals surface area (Å²) in [5.74, 6) is 0.0899. The fourth-order valence-corrected chi connectivity index (χ4v) is 3.77. The molecule has 146 valence electrons. The fourth-order valence-electron chi connectivity index (χ4n) is 3.77. The first-order chi connectivity index (χ1) is 14.1. The van der Waals surface area contributed by atoms with Gasteiger partial charge in [0.1, 0.15) is 5.84 Å². The molecule has 0 fully saturated rings. The molecule has 0 saturated heterocycles. The summed E-state index contributed by atoms with van der Waals surface area (Å²) in [6.07, 6.45) is 8.82. The highest BCUT2D eigenvalue weighted by molar-refractivity contribution is 5.94. The van der Waals surface area contributed by atoms with Crippen molar-refractivity contribution in [3.63, 3.8) is 0 Å². The molecule has 2 aromatic carbocycles.